The van der Waals surface area contributed by atoms with Crippen LogP contribution in [0.15, 0.2) is 34.7 Å². The van der Waals surface area contributed by atoms with Crippen molar-refractivity contribution in [2.75, 3.05) is 13.6 Å². The first-order valence-corrected chi connectivity index (χ1v) is 7.23. The number of furan rings is 1. The van der Waals surface area contributed by atoms with Crippen LogP contribution in [0.1, 0.15) is 39.5 Å². The Labute approximate surface area is 121 Å². The quantitative estimate of drug-likeness (QED) is 0.922. The van der Waals surface area contributed by atoms with Gasteiger partial charge in [0.2, 0.25) is 0 Å². The van der Waals surface area contributed by atoms with E-state index in [2.05, 4.69) is 51.8 Å². The van der Waals surface area contributed by atoms with Gasteiger partial charge in [-0.15, -0.1) is 0 Å². The van der Waals surface area contributed by atoms with Crippen LogP contribution in [0.2, 0.25) is 0 Å². The van der Waals surface area contributed by atoms with Gasteiger partial charge >= 0.3 is 0 Å². The van der Waals surface area contributed by atoms with Crippen LogP contribution in [0, 0.1) is 5.41 Å². The first-order chi connectivity index (χ1) is 9.29. The molecule has 110 valence electrons. The predicted molar refractivity (Wildman–Crippen MR) is 84.7 cm³/mol. The first kappa shape index (κ1) is 15.1. The van der Waals surface area contributed by atoms with Gasteiger partial charge in [0.25, 0.3) is 0 Å². The van der Waals surface area contributed by atoms with Crippen molar-refractivity contribution in [3.05, 3.63) is 36.1 Å². The molecule has 0 radical (unpaired) electrons. The second kappa shape index (κ2) is 5.58. The van der Waals surface area contributed by atoms with Gasteiger partial charge in [-0.05, 0) is 31.5 Å². The summed E-state index contributed by atoms with van der Waals surface area (Å²) in [7, 11) is 2.12. The molecular weight excluding hydrogens is 248 g/mol. The molecule has 1 heterocycles. The molecule has 20 heavy (non-hydrogen) atoms. The van der Waals surface area contributed by atoms with Crippen molar-refractivity contribution < 1.29 is 4.42 Å². The number of nitrogens with zero attached hydrogens (tertiary/aromatic N) is 1. The van der Waals surface area contributed by atoms with E-state index < -0.39 is 0 Å². The fourth-order valence-corrected chi connectivity index (χ4v) is 2.40. The highest BCUT2D eigenvalue weighted by Crippen LogP contribution is 2.26. The predicted octanol–water partition coefficient (Wildman–Crippen LogP) is 3.80. The number of rotatable bonds is 4. The van der Waals surface area contributed by atoms with E-state index >= 15 is 0 Å². The van der Waals surface area contributed by atoms with Crippen molar-refractivity contribution in [2.24, 2.45) is 11.1 Å². The van der Waals surface area contributed by atoms with E-state index in [4.69, 9.17) is 10.2 Å². The summed E-state index contributed by atoms with van der Waals surface area (Å²) in [6.45, 7) is 9.78. The Kier molecular flexibility index (Phi) is 4.21. The summed E-state index contributed by atoms with van der Waals surface area (Å²) < 4.78 is 5.84. The largest absolute Gasteiger partial charge is 0.459 e. The summed E-state index contributed by atoms with van der Waals surface area (Å²) in [6, 6.07) is 10.4. The van der Waals surface area contributed by atoms with Crippen molar-refractivity contribution in [3.8, 4) is 0 Å². The molecule has 2 aromatic rings. The van der Waals surface area contributed by atoms with Gasteiger partial charge in [0, 0.05) is 18.0 Å². The van der Waals surface area contributed by atoms with Crippen LogP contribution in [0.25, 0.3) is 11.0 Å². The number of likely N-dealkylation sites (N-methyl/N-ethyl adjacent to an activating group) is 1. The second-order valence-electron chi connectivity index (χ2n) is 6.77. The number of para-hydroxylation sites is 1. The van der Waals surface area contributed by atoms with Crippen LogP contribution in [0.5, 0.6) is 0 Å². The molecule has 0 amide bonds. The van der Waals surface area contributed by atoms with Gasteiger partial charge in [-0.3, -0.25) is 0 Å². The number of benzene rings is 1. The molecule has 0 bridgehead atoms. The molecule has 2 rings (SSSR count). The Morgan fingerprint density at radius 1 is 1.25 bits per heavy atom. The van der Waals surface area contributed by atoms with Gasteiger partial charge in [-0.1, -0.05) is 39.0 Å². The third-order valence-electron chi connectivity index (χ3n) is 4.21. The summed E-state index contributed by atoms with van der Waals surface area (Å²) in [5.41, 5.74) is 7.45. The summed E-state index contributed by atoms with van der Waals surface area (Å²) in [4.78, 5) is 2.30. The lowest BCUT2D eigenvalue weighted by molar-refractivity contribution is 0.131. The lowest BCUT2D eigenvalue weighted by Gasteiger charge is -2.36. The molecule has 2 N–H and O–H groups in total. The van der Waals surface area contributed by atoms with Crippen LogP contribution in [0.4, 0.5) is 0 Å². The Hall–Kier alpha value is -1.32. The zero-order valence-electron chi connectivity index (χ0n) is 13.2. The van der Waals surface area contributed by atoms with E-state index in [0.29, 0.717) is 6.04 Å². The van der Waals surface area contributed by atoms with E-state index in [1.807, 2.05) is 18.2 Å². The Morgan fingerprint density at radius 2 is 1.90 bits per heavy atom. The lowest BCUT2D eigenvalue weighted by Crippen LogP contribution is -2.42. The molecule has 2 atom stereocenters. The summed E-state index contributed by atoms with van der Waals surface area (Å²) in [5, 5.41) is 1.12. The van der Waals surface area contributed by atoms with Crippen molar-refractivity contribution >= 4 is 11.0 Å². The SMILES string of the molecule is CC(N(C)CC(N)c1cc2ccccc2o1)C(C)(C)C. The minimum absolute atomic E-state index is 0.0998. The normalized spacial score (nSPS) is 15.8. The monoisotopic (exact) mass is 274 g/mol. The maximum absolute atomic E-state index is 6.31. The molecule has 0 spiro atoms. The lowest BCUT2D eigenvalue weighted by atomic mass is 9.87. The minimum Gasteiger partial charge on any atom is -0.459 e. The fraction of sp³-hybridized carbons (Fsp3) is 0.529. The van der Waals surface area contributed by atoms with Crippen LogP contribution in [0.3, 0.4) is 0 Å². The van der Waals surface area contributed by atoms with E-state index in [1.165, 1.54) is 0 Å². The molecule has 3 nitrogen and oxygen atoms in total. The maximum atomic E-state index is 6.31. The summed E-state index contributed by atoms with van der Waals surface area (Å²) >= 11 is 0. The third kappa shape index (κ3) is 3.22. The van der Waals surface area contributed by atoms with Gasteiger partial charge < -0.3 is 15.1 Å². The molecule has 0 fully saturated rings. The molecular formula is C17H26N2O. The standard InChI is InChI=1S/C17H26N2O/c1-12(17(2,3)4)19(5)11-14(18)16-10-13-8-6-7-9-15(13)20-16/h6-10,12,14H,11,18H2,1-5H3. The minimum atomic E-state index is -0.0998. The topological polar surface area (TPSA) is 42.4 Å². The van der Waals surface area contributed by atoms with Crippen LogP contribution in [-0.2, 0) is 0 Å². The van der Waals surface area contributed by atoms with E-state index in [1.54, 1.807) is 0 Å². The molecule has 1 aromatic heterocycles. The van der Waals surface area contributed by atoms with Gasteiger partial charge in [-0.25, -0.2) is 0 Å². The Bertz CT molecular complexity index is 535. The van der Waals surface area contributed by atoms with Crippen molar-refractivity contribution in [1.82, 2.24) is 4.90 Å². The molecule has 1 aromatic carbocycles. The maximum Gasteiger partial charge on any atom is 0.134 e. The highest BCUT2D eigenvalue weighted by molar-refractivity contribution is 5.77. The molecule has 2 unspecified atom stereocenters. The highest BCUT2D eigenvalue weighted by Gasteiger charge is 2.25. The van der Waals surface area contributed by atoms with Crippen LogP contribution >= 0.6 is 0 Å². The third-order valence-corrected chi connectivity index (χ3v) is 4.21. The van der Waals surface area contributed by atoms with Crippen molar-refractivity contribution in [1.29, 1.82) is 0 Å². The van der Waals surface area contributed by atoms with Gasteiger partial charge in [-0.2, -0.15) is 0 Å². The number of hydrogen-bond acceptors (Lipinski definition) is 3. The van der Waals surface area contributed by atoms with Gasteiger partial charge in [0.1, 0.15) is 11.3 Å². The number of fused-ring (bicyclic) bond motifs is 1. The zero-order chi connectivity index (χ0) is 14.9. The number of hydrogen-bond donors (Lipinski definition) is 1. The molecule has 0 aliphatic heterocycles. The first-order valence-electron chi connectivity index (χ1n) is 7.23. The van der Waals surface area contributed by atoms with Crippen LogP contribution < -0.4 is 5.73 Å². The van der Waals surface area contributed by atoms with E-state index in [-0.39, 0.29) is 11.5 Å². The molecule has 0 saturated heterocycles. The Morgan fingerprint density at radius 3 is 2.50 bits per heavy atom. The molecule has 0 saturated carbocycles. The molecule has 3 heteroatoms. The summed E-state index contributed by atoms with van der Waals surface area (Å²) in [5.74, 6) is 0.860. The second-order valence-corrected chi connectivity index (χ2v) is 6.77. The molecule has 0 aliphatic rings. The van der Waals surface area contributed by atoms with Crippen LogP contribution in [-0.4, -0.2) is 24.5 Å². The van der Waals surface area contributed by atoms with Gasteiger partial charge in [0.15, 0.2) is 0 Å². The average molecular weight is 274 g/mol. The van der Waals surface area contributed by atoms with Gasteiger partial charge in [0.05, 0.1) is 6.04 Å². The van der Waals surface area contributed by atoms with Crippen molar-refractivity contribution in [2.45, 2.75) is 39.8 Å². The van der Waals surface area contributed by atoms with Crippen molar-refractivity contribution in [3.63, 3.8) is 0 Å². The smallest absolute Gasteiger partial charge is 0.134 e. The van der Waals surface area contributed by atoms with E-state index in [0.717, 1.165) is 23.3 Å². The highest BCUT2D eigenvalue weighted by atomic mass is 16.3. The summed E-state index contributed by atoms with van der Waals surface area (Å²) in [6.07, 6.45) is 0. The zero-order valence-corrected chi connectivity index (χ0v) is 13.2. The average Bonchev–Trinajstić information content (AvgIpc) is 2.80. The fourth-order valence-electron chi connectivity index (χ4n) is 2.40. The van der Waals surface area contributed by atoms with E-state index in [9.17, 15) is 0 Å². The molecule has 0 aliphatic carbocycles. The Balaban J connectivity index is 2.09. The number of nitrogens with two attached hydrogens (primary N) is 1.